The van der Waals surface area contributed by atoms with Crippen LogP contribution in [0.3, 0.4) is 0 Å². The molecule has 2 aromatic heterocycles. The van der Waals surface area contributed by atoms with E-state index in [2.05, 4.69) is 42.7 Å². The number of carbonyl (C=O) groups excluding carboxylic acids is 3. The molecule has 16 heteroatoms. The number of alkyl carbamates (subject to hydrolysis) is 1. The number of hydrogen-bond donors (Lipinski definition) is 6. The molecule has 0 spiro atoms. The van der Waals surface area contributed by atoms with Gasteiger partial charge in [-0.05, 0) is 44.4 Å². The van der Waals surface area contributed by atoms with E-state index < -0.39 is 48.5 Å². The summed E-state index contributed by atoms with van der Waals surface area (Å²) in [6, 6.07) is 6.72. The van der Waals surface area contributed by atoms with Crippen molar-refractivity contribution in [3.05, 3.63) is 48.0 Å². The van der Waals surface area contributed by atoms with E-state index in [0.29, 0.717) is 36.4 Å². The number of nitrogens with zero attached hydrogens (tertiary/aromatic N) is 5. The minimum atomic E-state index is -1.48. The minimum absolute atomic E-state index is 0.0791. The van der Waals surface area contributed by atoms with E-state index in [1.54, 1.807) is 20.8 Å². The van der Waals surface area contributed by atoms with E-state index in [1.807, 2.05) is 38.1 Å². The van der Waals surface area contributed by atoms with Crippen LogP contribution >= 0.6 is 0 Å². The number of ether oxygens (including phenoxy) is 2. The summed E-state index contributed by atoms with van der Waals surface area (Å²) >= 11 is 0. The van der Waals surface area contributed by atoms with E-state index in [4.69, 9.17) is 9.47 Å². The van der Waals surface area contributed by atoms with E-state index in [1.165, 1.54) is 24.3 Å². The third-order valence-electron chi connectivity index (χ3n) is 7.92. The molecule has 49 heavy (non-hydrogen) atoms. The van der Waals surface area contributed by atoms with Gasteiger partial charge in [0.15, 0.2) is 29.4 Å². The van der Waals surface area contributed by atoms with Crippen LogP contribution in [0.5, 0.6) is 0 Å². The minimum Gasteiger partial charge on any atom is -0.444 e. The van der Waals surface area contributed by atoms with Crippen molar-refractivity contribution in [2.75, 3.05) is 18.9 Å². The summed E-state index contributed by atoms with van der Waals surface area (Å²) in [5.41, 5.74) is 1.61. The van der Waals surface area contributed by atoms with Crippen molar-refractivity contribution in [1.29, 1.82) is 0 Å². The second-order valence-corrected chi connectivity index (χ2v) is 12.8. The number of rotatable bonds is 12. The van der Waals surface area contributed by atoms with Gasteiger partial charge in [0, 0.05) is 19.2 Å². The Bertz CT molecular complexity index is 1680. The molecule has 0 saturated carbocycles. The number of nitrogens with one attached hydrogen (secondary N) is 3. The van der Waals surface area contributed by atoms with Crippen LogP contribution in [0, 0.1) is 17.8 Å². The van der Waals surface area contributed by atoms with Gasteiger partial charge in [0.05, 0.1) is 12.9 Å². The van der Waals surface area contributed by atoms with Crippen LogP contribution in [-0.2, 0) is 25.6 Å². The van der Waals surface area contributed by atoms with Crippen molar-refractivity contribution in [1.82, 2.24) is 35.1 Å². The fraction of sp³-hybridized carbons (Fsp3) is 0.515. The first-order valence-electron chi connectivity index (χ1n) is 15.9. The average Bonchev–Trinajstić information content (AvgIpc) is 3.63. The Morgan fingerprint density at radius 1 is 1.20 bits per heavy atom. The first kappa shape index (κ1) is 37.0. The smallest absolute Gasteiger partial charge is 0.408 e. The Balaban J connectivity index is 1.38. The largest absolute Gasteiger partial charge is 0.444 e. The van der Waals surface area contributed by atoms with E-state index in [0.717, 1.165) is 16.0 Å². The van der Waals surface area contributed by atoms with E-state index in [9.17, 15) is 29.7 Å². The number of benzene rings is 1. The second kappa shape index (κ2) is 16.1. The number of aliphatic hydroxyl groups is 3. The molecule has 6 N–H and O–H groups in total. The highest BCUT2D eigenvalue weighted by Crippen LogP contribution is 2.34. The average molecular weight is 681 g/mol. The van der Waals surface area contributed by atoms with Crippen molar-refractivity contribution < 1.29 is 39.2 Å². The zero-order valence-corrected chi connectivity index (χ0v) is 28.3. The van der Waals surface area contributed by atoms with E-state index >= 15 is 0 Å². The number of hydrogen-bond acceptors (Lipinski definition) is 12. The molecule has 1 aliphatic rings. The number of anilines is 1. The maximum atomic E-state index is 12.9. The van der Waals surface area contributed by atoms with Crippen molar-refractivity contribution in [2.24, 2.45) is 5.92 Å². The lowest BCUT2D eigenvalue weighted by Gasteiger charge is -2.26. The fourth-order valence-electron chi connectivity index (χ4n) is 5.09. The number of amides is 3. The van der Waals surface area contributed by atoms with Crippen LogP contribution in [-0.4, -0.2) is 108 Å². The molecule has 264 valence electrons. The Hall–Kier alpha value is -4.82. The number of aliphatic hydroxyl groups excluding tert-OH is 3. The summed E-state index contributed by atoms with van der Waals surface area (Å²) in [7, 11) is 1.33. The van der Waals surface area contributed by atoms with Gasteiger partial charge in [0.1, 0.15) is 36.3 Å². The third-order valence-corrected chi connectivity index (χ3v) is 7.92. The van der Waals surface area contributed by atoms with Gasteiger partial charge < -0.3 is 45.6 Å². The van der Waals surface area contributed by atoms with Gasteiger partial charge in [-0.25, -0.2) is 19.7 Å². The lowest BCUT2D eigenvalue weighted by molar-refractivity contribution is -0.149. The van der Waals surface area contributed by atoms with Gasteiger partial charge in [-0.3, -0.25) is 14.2 Å². The van der Waals surface area contributed by atoms with Crippen LogP contribution in [0.1, 0.15) is 58.4 Å². The van der Waals surface area contributed by atoms with Crippen LogP contribution < -0.4 is 16.0 Å². The molecule has 3 amide bonds. The molecule has 1 unspecified atom stereocenters. The van der Waals surface area contributed by atoms with Gasteiger partial charge in [-0.1, -0.05) is 44.2 Å². The van der Waals surface area contributed by atoms with Crippen molar-refractivity contribution in [3.8, 4) is 11.8 Å². The van der Waals surface area contributed by atoms with Crippen LogP contribution in [0.4, 0.5) is 10.6 Å². The van der Waals surface area contributed by atoms with Crippen LogP contribution in [0.15, 0.2) is 36.9 Å². The molecule has 1 aromatic carbocycles. The molecule has 4 rings (SSSR count). The lowest BCUT2D eigenvalue weighted by Crippen LogP contribution is -2.51. The number of aromatic nitrogens is 4. The van der Waals surface area contributed by atoms with Gasteiger partial charge in [-0.15, -0.1) is 0 Å². The molecular weight excluding hydrogens is 636 g/mol. The summed E-state index contributed by atoms with van der Waals surface area (Å²) in [5, 5.41) is 40.2. The Labute approximate surface area is 284 Å². The molecular formula is C33H44N8O8. The second-order valence-electron chi connectivity index (χ2n) is 12.8. The number of fused-ring (bicyclic) bond motifs is 1. The zero-order valence-electron chi connectivity index (χ0n) is 28.3. The lowest BCUT2D eigenvalue weighted by atomic mass is 9.98. The first-order chi connectivity index (χ1) is 23.2. The number of likely N-dealkylation sites (N-methyl/N-ethyl adjacent to an activating group) is 1. The number of imidazole rings is 1. The Morgan fingerprint density at radius 3 is 2.65 bits per heavy atom. The molecule has 16 nitrogen and oxygen atoms in total. The van der Waals surface area contributed by atoms with Gasteiger partial charge >= 0.3 is 6.09 Å². The Kier molecular flexibility index (Phi) is 12.1. The molecule has 0 radical (unpaired) electrons. The topological polar surface area (TPSA) is 213 Å². The van der Waals surface area contributed by atoms with Crippen molar-refractivity contribution in [3.63, 3.8) is 0 Å². The highest BCUT2D eigenvalue weighted by Gasteiger charge is 2.48. The van der Waals surface area contributed by atoms with Gasteiger partial charge in [0.25, 0.3) is 0 Å². The Morgan fingerprint density at radius 2 is 1.96 bits per heavy atom. The zero-order chi connectivity index (χ0) is 35.9. The third kappa shape index (κ3) is 9.21. The van der Waals surface area contributed by atoms with Crippen LogP contribution in [0.2, 0.25) is 0 Å². The van der Waals surface area contributed by atoms with E-state index in [-0.39, 0.29) is 18.4 Å². The number of carbonyl (C=O) groups is 3. The predicted molar refractivity (Wildman–Crippen MR) is 177 cm³/mol. The van der Waals surface area contributed by atoms with Crippen molar-refractivity contribution >= 4 is 35.4 Å². The maximum absolute atomic E-state index is 12.9. The van der Waals surface area contributed by atoms with Gasteiger partial charge in [0.2, 0.25) is 12.3 Å². The summed E-state index contributed by atoms with van der Waals surface area (Å²) in [4.78, 5) is 50.1. The molecule has 0 aliphatic carbocycles. The summed E-state index contributed by atoms with van der Waals surface area (Å²) in [6.07, 6.45) is -3.68. The molecule has 3 heterocycles. The predicted octanol–water partition coefficient (Wildman–Crippen LogP) is 0.871. The fourth-order valence-corrected chi connectivity index (χ4v) is 5.09. The monoisotopic (exact) mass is 680 g/mol. The molecule has 0 bridgehead atoms. The molecule has 1 fully saturated rings. The van der Waals surface area contributed by atoms with Gasteiger partial charge in [-0.2, -0.15) is 0 Å². The summed E-state index contributed by atoms with van der Waals surface area (Å²) in [6.45, 7) is 9.51. The molecule has 1 saturated heterocycles. The molecule has 1 aliphatic heterocycles. The van der Waals surface area contributed by atoms with Crippen LogP contribution in [0.25, 0.3) is 11.2 Å². The normalized spacial score (nSPS) is 20.8. The SMILES string of the molecule is CC[C@H](C)[C@H](NC(=O)OC(C)(C)C)C(=O)NCC#Cc1cccc(CNc2ncnc3c2ncn3[C@@H]2O[C@H](C(O)N(C)C=O)[C@@H](O)[C@H]2O)c1. The summed E-state index contributed by atoms with van der Waals surface area (Å²) < 4.78 is 12.5. The first-order valence-corrected chi connectivity index (χ1v) is 15.9. The highest BCUT2D eigenvalue weighted by molar-refractivity contribution is 5.86. The maximum Gasteiger partial charge on any atom is 0.408 e. The van der Waals surface area contributed by atoms with Crippen molar-refractivity contribution in [2.45, 2.75) is 90.0 Å². The molecule has 7 atom stereocenters. The highest BCUT2D eigenvalue weighted by atomic mass is 16.6. The standard InChI is InChI=1S/C33H44N8O8/c1-7-19(2)22(39-32(47)49-33(3,4)5)29(45)34-13-9-12-20-10-8-11-21(14-20)15-35-27-23-28(37-16-36-27)41(17-38-23)31-25(44)24(43)26(48-31)30(46)40(6)18-42/h8,10-11,14,16-19,22,24-26,30-31,43-44,46H,7,13,15H2,1-6H3,(H,34,45)(H,39,47)(H,35,36,37)/t19-,22-,24-,25+,26-,30?,31+/m0/s1. The molecule has 3 aromatic rings. The quantitative estimate of drug-likeness (QED) is 0.0894. The summed E-state index contributed by atoms with van der Waals surface area (Å²) in [5.74, 6) is 5.93.